The molecule has 4 heterocycles. The van der Waals surface area contributed by atoms with E-state index in [-0.39, 0.29) is 6.04 Å². The summed E-state index contributed by atoms with van der Waals surface area (Å²) in [6.45, 7) is 1.21. The molecule has 0 bridgehead atoms. The summed E-state index contributed by atoms with van der Waals surface area (Å²) >= 11 is 1.31. The number of hydrogen-bond acceptors (Lipinski definition) is 5. The molecule has 1 saturated heterocycles. The quantitative estimate of drug-likeness (QED) is 0.681. The van der Waals surface area contributed by atoms with Gasteiger partial charge in [-0.15, -0.1) is 11.3 Å². The van der Waals surface area contributed by atoms with Crippen LogP contribution in [-0.2, 0) is 14.8 Å². The summed E-state index contributed by atoms with van der Waals surface area (Å²) in [6.07, 6.45) is 5.66. The zero-order chi connectivity index (χ0) is 18.4. The summed E-state index contributed by atoms with van der Waals surface area (Å²) in [5, 5.41) is 1.06. The lowest BCUT2D eigenvalue weighted by Crippen LogP contribution is -2.38. The fraction of sp³-hybridized carbons (Fsp3) is 0.421. The molecule has 0 unspecified atom stereocenters. The van der Waals surface area contributed by atoms with Crippen molar-refractivity contribution in [3.63, 3.8) is 0 Å². The average molecular weight is 404 g/mol. The number of aromatic nitrogens is 2. The van der Waals surface area contributed by atoms with Crippen LogP contribution in [0.3, 0.4) is 0 Å². The Morgan fingerprint density at radius 1 is 1.15 bits per heavy atom. The predicted octanol–water partition coefficient (Wildman–Crippen LogP) is 3.63. The van der Waals surface area contributed by atoms with E-state index in [1.165, 1.54) is 29.9 Å². The van der Waals surface area contributed by atoms with E-state index in [4.69, 9.17) is 4.74 Å². The molecule has 1 saturated carbocycles. The summed E-state index contributed by atoms with van der Waals surface area (Å²) in [4.78, 5) is 8.79. The van der Waals surface area contributed by atoms with Gasteiger partial charge in [-0.25, -0.2) is 18.1 Å². The van der Waals surface area contributed by atoms with Crippen LogP contribution >= 0.6 is 11.3 Å². The van der Waals surface area contributed by atoms with Crippen molar-refractivity contribution < 1.29 is 13.2 Å². The van der Waals surface area contributed by atoms with Crippen LogP contribution in [0.2, 0.25) is 0 Å². The van der Waals surface area contributed by atoms with Gasteiger partial charge in [-0.2, -0.15) is 0 Å². The molecule has 1 aliphatic carbocycles. The molecule has 0 spiro atoms. The minimum Gasteiger partial charge on any atom is -0.381 e. The molecule has 5 rings (SSSR count). The molecule has 2 fully saturated rings. The highest BCUT2D eigenvalue weighted by Crippen LogP contribution is 2.42. The first kappa shape index (κ1) is 17.4. The first-order chi connectivity index (χ1) is 13.1. The number of nitrogens with zero attached hydrogens (tertiary/aromatic N) is 1. The first-order valence-corrected chi connectivity index (χ1v) is 11.6. The van der Waals surface area contributed by atoms with Gasteiger partial charge in [0.15, 0.2) is 0 Å². The van der Waals surface area contributed by atoms with E-state index in [0.29, 0.717) is 23.3 Å². The van der Waals surface area contributed by atoms with Crippen LogP contribution in [0.1, 0.15) is 37.3 Å². The highest BCUT2D eigenvalue weighted by Gasteiger charge is 2.27. The molecule has 3 aromatic rings. The number of thiophene rings is 1. The van der Waals surface area contributed by atoms with E-state index in [9.17, 15) is 8.42 Å². The number of pyridine rings is 1. The number of hydrogen-bond donors (Lipinski definition) is 2. The van der Waals surface area contributed by atoms with E-state index in [2.05, 4.69) is 20.8 Å². The van der Waals surface area contributed by atoms with Crippen molar-refractivity contribution in [2.24, 2.45) is 0 Å². The van der Waals surface area contributed by atoms with Crippen molar-refractivity contribution in [2.75, 3.05) is 13.2 Å². The SMILES string of the molecule is O=S(=O)(NC1CCOCC1)c1ccc(-c2ccnc3[nH]c(C4CC4)cc23)s1. The Morgan fingerprint density at radius 3 is 2.74 bits per heavy atom. The van der Waals surface area contributed by atoms with Gasteiger partial charge in [-0.1, -0.05) is 0 Å². The van der Waals surface area contributed by atoms with Crippen molar-refractivity contribution in [3.8, 4) is 10.4 Å². The van der Waals surface area contributed by atoms with Crippen LogP contribution in [-0.4, -0.2) is 37.6 Å². The maximum atomic E-state index is 12.8. The van der Waals surface area contributed by atoms with Crippen molar-refractivity contribution in [2.45, 2.75) is 41.9 Å². The summed E-state index contributed by atoms with van der Waals surface area (Å²) in [5.74, 6) is 0.620. The van der Waals surface area contributed by atoms with Gasteiger partial charge in [0.05, 0.1) is 0 Å². The maximum absolute atomic E-state index is 12.8. The number of aromatic amines is 1. The molecule has 0 atom stereocenters. The molecule has 2 N–H and O–H groups in total. The smallest absolute Gasteiger partial charge is 0.250 e. The van der Waals surface area contributed by atoms with Crippen molar-refractivity contribution in [1.82, 2.24) is 14.7 Å². The Bertz CT molecular complexity index is 1080. The van der Waals surface area contributed by atoms with Gasteiger partial charge in [0.2, 0.25) is 10.0 Å². The standard InChI is InChI=1S/C19H21N3O3S2/c23-27(24,22-13-6-9-25-10-7-13)18-4-3-17(26-18)14-5-8-20-19-15(14)11-16(21-19)12-1-2-12/h3-5,8,11-13,22H,1-2,6-7,9-10H2,(H,20,21). The molecule has 142 valence electrons. The van der Waals surface area contributed by atoms with Gasteiger partial charge in [0.25, 0.3) is 0 Å². The molecule has 6 nitrogen and oxygen atoms in total. The van der Waals surface area contributed by atoms with Gasteiger partial charge in [0.1, 0.15) is 9.86 Å². The fourth-order valence-corrected chi connectivity index (χ4v) is 6.25. The maximum Gasteiger partial charge on any atom is 0.250 e. The van der Waals surface area contributed by atoms with Crippen LogP contribution < -0.4 is 4.72 Å². The lowest BCUT2D eigenvalue weighted by molar-refractivity contribution is 0.0832. The van der Waals surface area contributed by atoms with Gasteiger partial charge in [-0.05, 0) is 55.9 Å². The minimum atomic E-state index is -3.51. The highest BCUT2D eigenvalue weighted by atomic mass is 32.2. The Balaban J connectivity index is 1.45. The monoisotopic (exact) mass is 403 g/mol. The Kier molecular flexibility index (Phi) is 4.31. The molecule has 27 heavy (non-hydrogen) atoms. The third-order valence-electron chi connectivity index (χ3n) is 5.22. The zero-order valence-corrected chi connectivity index (χ0v) is 16.4. The van der Waals surface area contributed by atoms with E-state index in [1.807, 2.05) is 12.1 Å². The number of sulfonamides is 1. The number of ether oxygens (including phenoxy) is 1. The lowest BCUT2D eigenvalue weighted by atomic mass is 10.1. The van der Waals surface area contributed by atoms with Crippen LogP contribution in [0.4, 0.5) is 0 Å². The number of nitrogens with one attached hydrogen (secondary N) is 2. The van der Waals surface area contributed by atoms with Crippen molar-refractivity contribution >= 4 is 32.4 Å². The second-order valence-corrected chi connectivity index (χ2v) is 10.3. The molecular formula is C19H21N3O3S2. The van der Waals surface area contributed by atoms with E-state index in [1.54, 1.807) is 12.3 Å². The normalized spacial score (nSPS) is 19.0. The van der Waals surface area contributed by atoms with Gasteiger partial charge in [0, 0.05) is 47.0 Å². The molecule has 0 radical (unpaired) electrons. The lowest BCUT2D eigenvalue weighted by Gasteiger charge is -2.22. The van der Waals surface area contributed by atoms with E-state index < -0.39 is 10.0 Å². The second kappa shape index (κ2) is 6.70. The van der Waals surface area contributed by atoms with Crippen molar-refractivity contribution in [3.05, 3.63) is 36.2 Å². The average Bonchev–Trinajstić information content (AvgIpc) is 3.22. The Hall–Kier alpha value is -1.74. The van der Waals surface area contributed by atoms with Crippen LogP contribution in [0, 0.1) is 0 Å². The van der Waals surface area contributed by atoms with Crippen LogP contribution in [0.15, 0.2) is 34.7 Å². The highest BCUT2D eigenvalue weighted by molar-refractivity contribution is 7.91. The summed E-state index contributed by atoms with van der Waals surface area (Å²) in [5.41, 5.74) is 3.13. The van der Waals surface area contributed by atoms with Crippen LogP contribution in [0.5, 0.6) is 0 Å². The molecule has 1 aliphatic heterocycles. The van der Waals surface area contributed by atoms with Gasteiger partial charge >= 0.3 is 0 Å². The van der Waals surface area contributed by atoms with E-state index in [0.717, 1.165) is 34.3 Å². The number of H-pyrrole nitrogens is 1. The topological polar surface area (TPSA) is 84.1 Å². The molecule has 0 aromatic carbocycles. The van der Waals surface area contributed by atoms with Crippen LogP contribution in [0.25, 0.3) is 21.5 Å². The number of fused-ring (bicyclic) bond motifs is 1. The summed E-state index contributed by atoms with van der Waals surface area (Å²) in [6, 6.07) is 7.67. The first-order valence-electron chi connectivity index (χ1n) is 9.28. The van der Waals surface area contributed by atoms with Gasteiger partial charge in [-0.3, -0.25) is 0 Å². The largest absolute Gasteiger partial charge is 0.381 e. The molecule has 8 heteroatoms. The minimum absolute atomic E-state index is 0.0484. The van der Waals surface area contributed by atoms with Gasteiger partial charge < -0.3 is 9.72 Å². The Morgan fingerprint density at radius 2 is 1.96 bits per heavy atom. The third-order valence-corrected chi connectivity index (χ3v) is 8.36. The predicted molar refractivity (Wildman–Crippen MR) is 106 cm³/mol. The third kappa shape index (κ3) is 3.42. The number of rotatable bonds is 5. The molecular weight excluding hydrogens is 382 g/mol. The van der Waals surface area contributed by atoms with E-state index >= 15 is 0 Å². The summed E-state index contributed by atoms with van der Waals surface area (Å²) in [7, 11) is -3.51. The molecule has 0 amide bonds. The molecule has 3 aromatic heterocycles. The Labute approximate surface area is 162 Å². The summed E-state index contributed by atoms with van der Waals surface area (Å²) < 4.78 is 34.0. The zero-order valence-electron chi connectivity index (χ0n) is 14.8. The molecule has 2 aliphatic rings. The van der Waals surface area contributed by atoms with Crippen molar-refractivity contribution in [1.29, 1.82) is 0 Å². The fourth-order valence-electron chi connectivity index (χ4n) is 3.58. The second-order valence-electron chi connectivity index (χ2n) is 7.25.